The third kappa shape index (κ3) is 3.02. The molecule has 5 nitrogen and oxygen atoms in total. The summed E-state index contributed by atoms with van der Waals surface area (Å²) in [5, 5.41) is 5.90. The number of thiazole rings is 1. The number of carbonyl (C=O) groups excluding carboxylic acids is 1. The van der Waals surface area contributed by atoms with Crippen molar-refractivity contribution in [1.82, 2.24) is 15.2 Å². The van der Waals surface area contributed by atoms with Crippen LogP contribution in [0.5, 0.6) is 0 Å². The lowest BCUT2D eigenvalue weighted by Crippen LogP contribution is -2.34. The van der Waals surface area contributed by atoms with Gasteiger partial charge in [-0.25, -0.2) is 4.98 Å². The van der Waals surface area contributed by atoms with E-state index < -0.39 is 0 Å². The van der Waals surface area contributed by atoms with Crippen LogP contribution in [0.3, 0.4) is 0 Å². The van der Waals surface area contributed by atoms with E-state index in [1.165, 1.54) is 11.3 Å². The maximum atomic E-state index is 12.2. The molecular formula is C11H18N4OS. The number of nitrogens with two attached hydrogens (primary N) is 1. The fraction of sp³-hybridized carbons (Fsp3) is 0.636. The van der Waals surface area contributed by atoms with E-state index in [0.717, 1.165) is 37.6 Å². The standard InChI is InChI=1S/C11H18N4OS/c1-8(12)10-14-9(7-17-10)11(16)15-5-2-3-13-4-6-15/h7-8,13H,2-6,12H2,1H3. The fourth-order valence-electron chi connectivity index (χ4n) is 1.81. The van der Waals surface area contributed by atoms with E-state index in [4.69, 9.17) is 5.73 Å². The van der Waals surface area contributed by atoms with Gasteiger partial charge in [0.2, 0.25) is 0 Å². The van der Waals surface area contributed by atoms with E-state index in [2.05, 4.69) is 10.3 Å². The molecule has 0 bridgehead atoms. The normalized spacial score (nSPS) is 18.8. The van der Waals surface area contributed by atoms with Gasteiger partial charge >= 0.3 is 0 Å². The molecule has 1 amide bonds. The lowest BCUT2D eigenvalue weighted by atomic mass is 10.3. The molecule has 1 aromatic heterocycles. The van der Waals surface area contributed by atoms with Gasteiger partial charge in [0.25, 0.3) is 5.91 Å². The highest BCUT2D eigenvalue weighted by atomic mass is 32.1. The van der Waals surface area contributed by atoms with Crippen LogP contribution in [0.15, 0.2) is 5.38 Å². The van der Waals surface area contributed by atoms with Crippen molar-refractivity contribution in [3.8, 4) is 0 Å². The Morgan fingerprint density at radius 1 is 1.59 bits per heavy atom. The molecule has 2 heterocycles. The number of aromatic nitrogens is 1. The molecule has 6 heteroatoms. The van der Waals surface area contributed by atoms with Crippen molar-refractivity contribution in [2.75, 3.05) is 26.2 Å². The van der Waals surface area contributed by atoms with E-state index in [1.807, 2.05) is 11.8 Å². The molecule has 0 saturated carbocycles. The van der Waals surface area contributed by atoms with Crippen LogP contribution in [-0.4, -0.2) is 42.0 Å². The molecule has 2 rings (SSSR count). The zero-order valence-corrected chi connectivity index (χ0v) is 10.8. The van der Waals surface area contributed by atoms with Gasteiger partial charge in [-0.05, 0) is 19.9 Å². The third-order valence-corrected chi connectivity index (χ3v) is 3.80. The summed E-state index contributed by atoms with van der Waals surface area (Å²) in [4.78, 5) is 18.3. The first-order valence-corrected chi connectivity index (χ1v) is 6.77. The molecule has 1 saturated heterocycles. The summed E-state index contributed by atoms with van der Waals surface area (Å²) in [6.07, 6.45) is 0.996. The summed E-state index contributed by atoms with van der Waals surface area (Å²) in [5.74, 6) is 0.0249. The first-order chi connectivity index (χ1) is 8.18. The molecule has 0 aliphatic carbocycles. The van der Waals surface area contributed by atoms with Gasteiger partial charge in [0.05, 0.1) is 6.04 Å². The second-order valence-electron chi connectivity index (χ2n) is 4.26. The van der Waals surface area contributed by atoms with Gasteiger partial charge in [-0.1, -0.05) is 0 Å². The Kier molecular flexibility index (Phi) is 4.09. The van der Waals surface area contributed by atoms with Crippen molar-refractivity contribution in [1.29, 1.82) is 0 Å². The quantitative estimate of drug-likeness (QED) is 0.810. The van der Waals surface area contributed by atoms with Gasteiger partial charge in [-0.15, -0.1) is 11.3 Å². The lowest BCUT2D eigenvalue weighted by Gasteiger charge is -2.18. The highest BCUT2D eigenvalue weighted by Gasteiger charge is 2.20. The predicted molar refractivity (Wildman–Crippen MR) is 68.1 cm³/mol. The second-order valence-corrected chi connectivity index (χ2v) is 5.15. The van der Waals surface area contributed by atoms with Crippen LogP contribution >= 0.6 is 11.3 Å². The van der Waals surface area contributed by atoms with Crippen molar-refractivity contribution in [2.24, 2.45) is 5.73 Å². The van der Waals surface area contributed by atoms with Crippen LogP contribution in [0.1, 0.15) is 34.9 Å². The zero-order valence-electron chi connectivity index (χ0n) is 9.98. The summed E-state index contributed by atoms with van der Waals surface area (Å²) >= 11 is 1.46. The van der Waals surface area contributed by atoms with E-state index >= 15 is 0 Å². The Balaban J connectivity index is 2.06. The Labute approximate surface area is 105 Å². The molecule has 94 valence electrons. The minimum atomic E-state index is -0.104. The topological polar surface area (TPSA) is 71.2 Å². The van der Waals surface area contributed by atoms with E-state index in [1.54, 1.807) is 5.38 Å². The Hall–Kier alpha value is -0.980. The first-order valence-electron chi connectivity index (χ1n) is 5.89. The minimum absolute atomic E-state index is 0.0249. The zero-order chi connectivity index (χ0) is 12.3. The highest BCUT2D eigenvalue weighted by molar-refractivity contribution is 7.09. The van der Waals surface area contributed by atoms with Gasteiger partial charge in [0.1, 0.15) is 10.7 Å². The summed E-state index contributed by atoms with van der Waals surface area (Å²) in [6, 6.07) is -0.104. The second kappa shape index (κ2) is 5.57. The molecular weight excluding hydrogens is 236 g/mol. The van der Waals surface area contributed by atoms with Crippen LogP contribution in [0.25, 0.3) is 0 Å². The summed E-state index contributed by atoms with van der Waals surface area (Å²) in [6.45, 7) is 5.27. The minimum Gasteiger partial charge on any atom is -0.336 e. The first kappa shape index (κ1) is 12.5. The fourth-order valence-corrected chi connectivity index (χ4v) is 2.56. The predicted octanol–water partition coefficient (Wildman–Crippen LogP) is 0.598. The van der Waals surface area contributed by atoms with Crippen molar-refractivity contribution in [3.05, 3.63) is 16.1 Å². The smallest absolute Gasteiger partial charge is 0.273 e. The van der Waals surface area contributed by atoms with Gasteiger partial charge in [-0.2, -0.15) is 0 Å². The van der Waals surface area contributed by atoms with Crippen molar-refractivity contribution < 1.29 is 4.79 Å². The molecule has 1 aliphatic heterocycles. The largest absolute Gasteiger partial charge is 0.336 e. The molecule has 3 N–H and O–H groups in total. The van der Waals surface area contributed by atoms with Crippen LogP contribution in [0, 0.1) is 0 Å². The highest BCUT2D eigenvalue weighted by Crippen LogP contribution is 2.17. The molecule has 0 spiro atoms. The van der Waals surface area contributed by atoms with Crippen LogP contribution in [0.2, 0.25) is 0 Å². The van der Waals surface area contributed by atoms with Crippen LogP contribution < -0.4 is 11.1 Å². The SMILES string of the molecule is CC(N)c1nc(C(=O)N2CCCNCC2)cs1. The number of amides is 1. The summed E-state index contributed by atoms with van der Waals surface area (Å²) in [7, 11) is 0. The van der Waals surface area contributed by atoms with Gasteiger partial charge in [-0.3, -0.25) is 4.79 Å². The Morgan fingerprint density at radius 3 is 3.12 bits per heavy atom. The number of hydrogen-bond donors (Lipinski definition) is 2. The number of nitrogens with one attached hydrogen (secondary N) is 1. The van der Waals surface area contributed by atoms with Crippen LogP contribution in [0.4, 0.5) is 0 Å². The Bertz CT molecular complexity index is 383. The molecule has 1 aromatic rings. The van der Waals surface area contributed by atoms with Crippen LogP contribution in [-0.2, 0) is 0 Å². The van der Waals surface area contributed by atoms with E-state index in [0.29, 0.717) is 5.69 Å². The molecule has 17 heavy (non-hydrogen) atoms. The number of carbonyl (C=O) groups is 1. The number of nitrogens with zero attached hydrogens (tertiary/aromatic N) is 2. The summed E-state index contributed by atoms with van der Waals surface area (Å²) in [5.41, 5.74) is 6.28. The average molecular weight is 254 g/mol. The van der Waals surface area contributed by atoms with Gasteiger partial charge in [0, 0.05) is 25.0 Å². The molecule has 0 radical (unpaired) electrons. The third-order valence-electron chi connectivity index (χ3n) is 2.76. The number of hydrogen-bond acceptors (Lipinski definition) is 5. The molecule has 0 aromatic carbocycles. The van der Waals surface area contributed by atoms with E-state index in [-0.39, 0.29) is 11.9 Å². The molecule has 1 atom stereocenters. The maximum absolute atomic E-state index is 12.2. The maximum Gasteiger partial charge on any atom is 0.273 e. The van der Waals surface area contributed by atoms with Gasteiger partial charge in [0.15, 0.2) is 0 Å². The van der Waals surface area contributed by atoms with Gasteiger partial charge < -0.3 is 16.0 Å². The van der Waals surface area contributed by atoms with E-state index in [9.17, 15) is 4.79 Å². The molecule has 1 fully saturated rings. The molecule has 1 unspecified atom stereocenters. The average Bonchev–Trinajstić information content (AvgIpc) is 2.65. The Morgan fingerprint density at radius 2 is 2.41 bits per heavy atom. The lowest BCUT2D eigenvalue weighted by molar-refractivity contribution is 0.0761. The molecule has 1 aliphatic rings. The monoisotopic (exact) mass is 254 g/mol. The van der Waals surface area contributed by atoms with Crippen molar-refractivity contribution in [2.45, 2.75) is 19.4 Å². The van der Waals surface area contributed by atoms with Crippen molar-refractivity contribution >= 4 is 17.2 Å². The van der Waals surface area contributed by atoms with Crippen molar-refractivity contribution in [3.63, 3.8) is 0 Å². The summed E-state index contributed by atoms with van der Waals surface area (Å²) < 4.78 is 0. The number of rotatable bonds is 2.